The van der Waals surface area contributed by atoms with Gasteiger partial charge in [0, 0.05) is 68.0 Å². The highest BCUT2D eigenvalue weighted by molar-refractivity contribution is 6.10. The second-order valence-corrected chi connectivity index (χ2v) is 7.52. The molecule has 0 saturated heterocycles. The number of aromatic amines is 1. The molecule has 5 rings (SSSR count). The first-order valence-corrected chi connectivity index (χ1v) is 10.2. The summed E-state index contributed by atoms with van der Waals surface area (Å²) in [4.78, 5) is 15.4. The number of nitrogens with one attached hydrogen (secondary N) is 3. The fourth-order valence-electron chi connectivity index (χ4n) is 3.98. The summed E-state index contributed by atoms with van der Waals surface area (Å²) in [5, 5.41) is 18.4. The maximum atomic E-state index is 14.7. The lowest BCUT2D eigenvalue weighted by Gasteiger charge is -2.26. The van der Waals surface area contributed by atoms with Crippen molar-refractivity contribution < 1.29 is 8.81 Å². The molecule has 10 heteroatoms. The zero-order valence-corrected chi connectivity index (χ0v) is 17.6. The van der Waals surface area contributed by atoms with E-state index in [1.54, 1.807) is 19.3 Å². The minimum atomic E-state index is -0.437. The molecule has 0 aliphatic carbocycles. The lowest BCUT2D eigenvalue weighted by atomic mass is 10.0. The van der Waals surface area contributed by atoms with Crippen LogP contribution < -0.4 is 10.2 Å². The number of H-pyrrole nitrogens is 1. The van der Waals surface area contributed by atoms with Crippen molar-refractivity contribution in [1.29, 1.82) is 5.41 Å². The van der Waals surface area contributed by atoms with Crippen LogP contribution in [0.25, 0.3) is 27.9 Å². The van der Waals surface area contributed by atoms with Crippen LogP contribution in [-0.2, 0) is 13.0 Å². The number of benzene rings is 1. The third-order valence-electron chi connectivity index (χ3n) is 5.47. The molecule has 1 aliphatic heterocycles. The van der Waals surface area contributed by atoms with Crippen molar-refractivity contribution in [2.75, 3.05) is 18.5 Å². The highest BCUT2D eigenvalue weighted by Crippen LogP contribution is 2.31. The van der Waals surface area contributed by atoms with Crippen molar-refractivity contribution in [3.8, 4) is 11.4 Å². The Kier molecular flexibility index (Phi) is 4.89. The van der Waals surface area contributed by atoms with Gasteiger partial charge in [-0.25, -0.2) is 19.3 Å². The highest BCUT2D eigenvalue weighted by Gasteiger charge is 2.23. The van der Waals surface area contributed by atoms with Gasteiger partial charge in [-0.2, -0.15) is 5.10 Å². The number of fused-ring (bicyclic) bond motifs is 2. The topological polar surface area (TPSA) is 120 Å². The van der Waals surface area contributed by atoms with Crippen LogP contribution in [0.4, 0.5) is 10.2 Å². The van der Waals surface area contributed by atoms with Crippen molar-refractivity contribution in [3.05, 3.63) is 59.5 Å². The molecule has 9 nitrogen and oxygen atoms in total. The van der Waals surface area contributed by atoms with E-state index in [4.69, 9.17) is 9.83 Å². The van der Waals surface area contributed by atoms with Crippen molar-refractivity contribution >= 4 is 28.5 Å². The summed E-state index contributed by atoms with van der Waals surface area (Å²) in [6.07, 6.45) is 4.95. The first-order chi connectivity index (χ1) is 15.6. The average molecular weight is 432 g/mol. The lowest BCUT2D eigenvalue weighted by Crippen LogP contribution is -2.30. The monoisotopic (exact) mass is 432 g/mol. The summed E-state index contributed by atoms with van der Waals surface area (Å²) >= 11 is 0. The maximum absolute atomic E-state index is 14.7. The van der Waals surface area contributed by atoms with E-state index in [1.807, 2.05) is 13.0 Å². The van der Waals surface area contributed by atoms with Gasteiger partial charge in [-0.05, 0) is 6.07 Å². The van der Waals surface area contributed by atoms with Gasteiger partial charge in [-0.1, -0.05) is 0 Å². The molecule has 0 fully saturated rings. The predicted octanol–water partition coefficient (Wildman–Crippen LogP) is 3.23. The van der Waals surface area contributed by atoms with Gasteiger partial charge in [-0.3, -0.25) is 5.10 Å². The van der Waals surface area contributed by atoms with Crippen molar-refractivity contribution in [3.63, 3.8) is 0 Å². The fourth-order valence-corrected chi connectivity index (χ4v) is 3.98. The van der Waals surface area contributed by atoms with E-state index in [1.165, 1.54) is 12.4 Å². The predicted molar refractivity (Wildman–Crippen MR) is 119 cm³/mol. The third-order valence-corrected chi connectivity index (χ3v) is 5.47. The van der Waals surface area contributed by atoms with Crippen molar-refractivity contribution in [2.24, 2.45) is 0 Å². The van der Waals surface area contributed by atoms with E-state index < -0.39 is 5.82 Å². The Labute approximate surface area is 182 Å². The molecule has 3 N–H and O–H groups in total. The number of nitrogens with zero attached hydrogens (tertiary/aromatic N) is 5. The zero-order chi connectivity index (χ0) is 22.2. The van der Waals surface area contributed by atoms with Gasteiger partial charge < -0.3 is 20.0 Å². The summed E-state index contributed by atoms with van der Waals surface area (Å²) in [6.45, 7) is 3.21. The molecule has 1 aromatic carbocycles. The Hall–Kier alpha value is -4.08. The van der Waals surface area contributed by atoms with Crippen LogP contribution >= 0.6 is 0 Å². The minimum Gasteiger partial charge on any atom is -0.446 e. The molecule has 0 amide bonds. The number of rotatable bonds is 5. The van der Waals surface area contributed by atoms with E-state index in [0.29, 0.717) is 45.9 Å². The molecular weight excluding hydrogens is 411 g/mol. The lowest BCUT2D eigenvalue weighted by molar-refractivity contribution is 0.463. The molecule has 0 saturated carbocycles. The van der Waals surface area contributed by atoms with Gasteiger partial charge in [0.1, 0.15) is 35.1 Å². The molecule has 0 radical (unpaired) electrons. The number of aryl methyl sites for hydroxylation is 1. The maximum Gasteiger partial charge on any atom is 0.191 e. The summed E-state index contributed by atoms with van der Waals surface area (Å²) in [5.74, 6) is 1.92. The largest absolute Gasteiger partial charge is 0.446 e. The SMILES string of the molecule is CN/C=C(\C=N)c1cc2c(-c3cc(N4CCc5oc(C)nc5C4)ncn3)n[nH]c2cc1F. The van der Waals surface area contributed by atoms with Crippen molar-refractivity contribution in [2.45, 2.75) is 19.9 Å². The van der Waals surface area contributed by atoms with Crippen LogP contribution in [0, 0.1) is 18.2 Å². The fraction of sp³-hybridized carbons (Fsp3) is 0.227. The summed E-state index contributed by atoms with van der Waals surface area (Å²) in [7, 11) is 1.70. The second-order valence-electron chi connectivity index (χ2n) is 7.52. The van der Waals surface area contributed by atoms with Gasteiger partial charge in [0.15, 0.2) is 5.89 Å². The smallest absolute Gasteiger partial charge is 0.191 e. The Bertz CT molecular complexity index is 1360. The number of halogens is 1. The molecule has 162 valence electrons. The van der Waals surface area contributed by atoms with Gasteiger partial charge in [0.25, 0.3) is 0 Å². The van der Waals surface area contributed by atoms with Gasteiger partial charge in [0.05, 0.1) is 17.8 Å². The number of oxazole rings is 1. The summed E-state index contributed by atoms with van der Waals surface area (Å²) in [5.41, 5.74) is 3.42. The van der Waals surface area contributed by atoms with E-state index >= 15 is 0 Å². The average Bonchev–Trinajstić information content (AvgIpc) is 3.38. The number of aromatic nitrogens is 5. The first kappa shape index (κ1) is 19.9. The molecule has 4 aromatic rings. The number of hydrogen-bond donors (Lipinski definition) is 3. The third kappa shape index (κ3) is 3.39. The van der Waals surface area contributed by atoms with Crippen LogP contribution in [0.2, 0.25) is 0 Å². The molecular formula is C22H21FN8O. The van der Waals surface area contributed by atoms with Gasteiger partial charge in [0.2, 0.25) is 0 Å². The normalized spacial score (nSPS) is 14.0. The van der Waals surface area contributed by atoms with E-state index in [2.05, 4.69) is 35.4 Å². The standard InChI is InChI=1S/C22H21FN8O/c1-12-28-19-10-31(4-3-20(19)32-12)21-7-18(26-11-27-21)22-15-5-14(13(8-24)9-25-2)16(23)6-17(15)29-30-22/h5-9,11,24-25H,3-4,10H2,1-2H3,(H,29,30)/b13-9+,24-8?. The zero-order valence-electron chi connectivity index (χ0n) is 17.6. The number of allylic oxidation sites excluding steroid dienone is 1. The van der Waals surface area contributed by atoms with Crippen LogP contribution in [0.5, 0.6) is 0 Å². The molecule has 0 bridgehead atoms. The molecule has 1 aliphatic rings. The molecule has 4 heterocycles. The molecule has 3 aromatic heterocycles. The number of hydrogen-bond acceptors (Lipinski definition) is 8. The van der Waals surface area contributed by atoms with Crippen LogP contribution in [0.3, 0.4) is 0 Å². The summed E-state index contributed by atoms with van der Waals surface area (Å²) in [6, 6.07) is 4.94. The molecule has 0 spiro atoms. The second kappa shape index (κ2) is 7.88. The van der Waals surface area contributed by atoms with E-state index in [9.17, 15) is 4.39 Å². The quantitative estimate of drug-likeness (QED) is 0.414. The van der Waals surface area contributed by atoms with Crippen LogP contribution in [-0.4, -0.2) is 45.0 Å². The van der Waals surface area contributed by atoms with E-state index in [0.717, 1.165) is 36.5 Å². The Morgan fingerprint density at radius 1 is 1.31 bits per heavy atom. The van der Waals surface area contributed by atoms with Crippen molar-refractivity contribution in [1.82, 2.24) is 30.5 Å². The van der Waals surface area contributed by atoms with Gasteiger partial charge >= 0.3 is 0 Å². The highest BCUT2D eigenvalue weighted by atomic mass is 19.1. The van der Waals surface area contributed by atoms with E-state index in [-0.39, 0.29) is 0 Å². The van der Waals surface area contributed by atoms with Gasteiger partial charge in [-0.15, -0.1) is 0 Å². The van der Waals surface area contributed by atoms with Crippen LogP contribution in [0.15, 0.2) is 35.1 Å². The Morgan fingerprint density at radius 2 is 2.19 bits per heavy atom. The minimum absolute atomic E-state index is 0.309. The van der Waals surface area contributed by atoms with Crippen LogP contribution in [0.1, 0.15) is 22.9 Å². The molecule has 0 unspecified atom stereocenters. The summed E-state index contributed by atoms with van der Waals surface area (Å²) < 4.78 is 20.3. The Morgan fingerprint density at radius 3 is 3.00 bits per heavy atom. The number of anilines is 1. The molecule has 32 heavy (non-hydrogen) atoms. The molecule has 0 atom stereocenters. The first-order valence-electron chi connectivity index (χ1n) is 10.2. The Balaban J connectivity index is 1.54.